The van der Waals surface area contributed by atoms with E-state index in [4.69, 9.17) is 16.3 Å². The molecule has 7 heteroatoms. The summed E-state index contributed by atoms with van der Waals surface area (Å²) in [6.07, 6.45) is 0. The second kappa shape index (κ2) is 9.10. The lowest BCUT2D eigenvalue weighted by atomic mass is 10.2. The molecule has 5 nitrogen and oxygen atoms in total. The van der Waals surface area contributed by atoms with Gasteiger partial charge in [-0.15, -0.1) is 0 Å². The summed E-state index contributed by atoms with van der Waals surface area (Å²) in [6, 6.07) is 20.2. The fourth-order valence-corrected chi connectivity index (χ4v) is 4.38. The highest BCUT2D eigenvalue weighted by atomic mass is 35.5. The van der Waals surface area contributed by atoms with Crippen LogP contribution in [-0.4, -0.2) is 18.9 Å². The molecule has 0 aliphatic carbocycles. The Labute approximate surface area is 196 Å². The van der Waals surface area contributed by atoms with Crippen LogP contribution in [-0.2, 0) is 9.59 Å². The molecule has 1 aliphatic rings. The number of rotatable bonds is 6. The van der Waals surface area contributed by atoms with Crippen molar-refractivity contribution in [1.82, 2.24) is 0 Å². The van der Waals surface area contributed by atoms with Crippen LogP contribution in [0.15, 0.2) is 82.2 Å². The number of anilines is 2. The van der Waals surface area contributed by atoms with Gasteiger partial charge < -0.3 is 10.1 Å². The molecule has 3 aromatic carbocycles. The number of halogens is 1. The molecule has 3 aromatic rings. The molecular weight excluding hydrogens is 444 g/mol. The second-order valence-corrected chi connectivity index (χ2v) is 8.81. The Hall–Kier alpha value is -3.22. The van der Waals surface area contributed by atoms with Crippen LogP contribution >= 0.6 is 23.4 Å². The van der Waals surface area contributed by atoms with E-state index >= 15 is 0 Å². The SMILES string of the molecule is COc1ccccc1NC1=C(Sc2ccc(C)cc2)C(=O)N(c2ccc(C)c(Cl)c2)C1=O. The number of aryl methyl sites for hydroxylation is 2. The minimum Gasteiger partial charge on any atom is -0.495 e. The van der Waals surface area contributed by atoms with Crippen molar-refractivity contribution in [2.24, 2.45) is 0 Å². The van der Waals surface area contributed by atoms with Gasteiger partial charge in [-0.3, -0.25) is 9.59 Å². The number of carbonyl (C=O) groups excluding carboxylic acids is 2. The Morgan fingerprint density at radius 2 is 1.66 bits per heavy atom. The molecule has 32 heavy (non-hydrogen) atoms. The van der Waals surface area contributed by atoms with Crippen LogP contribution in [0.5, 0.6) is 5.75 Å². The number of imide groups is 1. The molecule has 1 aliphatic heterocycles. The molecule has 162 valence electrons. The molecule has 1 N–H and O–H groups in total. The molecule has 0 unspecified atom stereocenters. The van der Waals surface area contributed by atoms with E-state index < -0.39 is 11.8 Å². The quantitative estimate of drug-likeness (QED) is 0.456. The maximum Gasteiger partial charge on any atom is 0.283 e. The molecule has 0 aromatic heterocycles. The standard InChI is InChI=1S/C25H21ClN2O3S/c1-15-8-12-18(13-9-15)32-23-22(27-20-6-4-5-7-21(20)31-3)24(29)28(25(23)30)17-11-10-16(2)19(26)14-17/h4-14,27H,1-3H3. The molecule has 4 rings (SSSR count). The number of carbonyl (C=O) groups is 2. The van der Waals surface area contributed by atoms with Crippen molar-refractivity contribution < 1.29 is 14.3 Å². The Morgan fingerprint density at radius 1 is 0.938 bits per heavy atom. The molecule has 0 atom stereocenters. The van der Waals surface area contributed by atoms with Crippen molar-refractivity contribution >= 4 is 46.6 Å². The van der Waals surface area contributed by atoms with Gasteiger partial charge in [0.15, 0.2) is 0 Å². The number of thioether (sulfide) groups is 1. The zero-order chi connectivity index (χ0) is 22.8. The third-order valence-corrected chi connectivity index (χ3v) is 6.56. The summed E-state index contributed by atoms with van der Waals surface area (Å²) < 4.78 is 5.41. The summed E-state index contributed by atoms with van der Waals surface area (Å²) in [5.41, 5.74) is 3.19. The molecule has 2 amide bonds. The van der Waals surface area contributed by atoms with Crippen LogP contribution in [0.1, 0.15) is 11.1 Å². The van der Waals surface area contributed by atoms with E-state index in [2.05, 4.69) is 5.32 Å². The van der Waals surface area contributed by atoms with Crippen molar-refractivity contribution in [3.8, 4) is 5.75 Å². The number of hydrogen-bond donors (Lipinski definition) is 1. The predicted molar refractivity (Wildman–Crippen MR) is 129 cm³/mol. The van der Waals surface area contributed by atoms with Gasteiger partial charge in [-0.1, -0.05) is 59.3 Å². The van der Waals surface area contributed by atoms with Crippen molar-refractivity contribution in [1.29, 1.82) is 0 Å². The van der Waals surface area contributed by atoms with Crippen LogP contribution in [0, 0.1) is 13.8 Å². The minimum absolute atomic E-state index is 0.196. The minimum atomic E-state index is -0.449. The summed E-state index contributed by atoms with van der Waals surface area (Å²) in [6.45, 7) is 3.86. The highest BCUT2D eigenvalue weighted by molar-refractivity contribution is 8.04. The number of nitrogens with one attached hydrogen (secondary N) is 1. The van der Waals surface area contributed by atoms with Crippen molar-refractivity contribution in [3.05, 3.63) is 93.5 Å². The van der Waals surface area contributed by atoms with Gasteiger partial charge >= 0.3 is 0 Å². The lowest BCUT2D eigenvalue weighted by Crippen LogP contribution is -2.32. The smallest absolute Gasteiger partial charge is 0.283 e. The molecule has 0 bridgehead atoms. The predicted octanol–water partition coefficient (Wildman–Crippen LogP) is 5.95. The summed E-state index contributed by atoms with van der Waals surface area (Å²) in [5.74, 6) is -0.287. The van der Waals surface area contributed by atoms with E-state index in [1.807, 2.05) is 50.2 Å². The average molecular weight is 465 g/mol. The summed E-state index contributed by atoms with van der Waals surface area (Å²) in [4.78, 5) is 29.2. The number of ether oxygens (including phenoxy) is 1. The second-order valence-electron chi connectivity index (χ2n) is 7.32. The molecule has 0 saturated carbocycles. The van der Waals surface area contributed by atoms with Gasteiger partial charge in [0.2, 0.25) is 0 Å². The molecule has 0 fully saturated rings. The van der Waals surface area contributed by atoms with E-state index in [0.717, 1.165) is 20.9 Å². The lowest BCUT2D eigenvalue weighted by molar-refractivity contribution is -0.120. The van der Waals surface area contributed by atoms with E-state index in [-0.39, 0.29) is 5.70 Å². The lowest BCUT2D eigenvalue weighted by Gasteiger charge is -2.16. The average Bonchev–Trinajstić information content (AvgIpc) is 3.01. The van der Waals surface area contributed by atoms with E-state index in [9.17, 15) is 9.59 Å². The fraction of sp³-hybridized carbons (Fsp3) is 0.120. The molecule has 0 radical (unpaired) electrons. The largest absolute Gasteiger partial charge is 0.495 e. The zero-order valence-corrected chi connectivity index (χ0v) is 19.4. The maximum absolute atomic E-state index is 13.5. The topological polar surface area (TPSA) is 58.6 Å². The normalized spacial score (nSPS) is 13.7. The first-order valence-electron chi connectivity index (χ1n) is 9.93. The highest BCUT2D eigenvalue weighted by Crippen LogP contribution is 2.39. The number of benzene rings is 3. The van der Waals surface area contributed by atoms with Crippen LogP contribution in [0.2, 0.25) is 5.02 Å². The van der Waals surface area contributed by atoms with Crippen molar-refractivity contribution in [3.63, 3.8) is 0 Å². The first-order chi connectivity index (χ1) is 15.4. The fourth-order valence-electron chi connectivity index (χ4n) is 3.28. The van der Waals surface area contributed by atoms with Crippen molar-refractivity contribution in [2.75, 3.05) is 17.3 Å². The van der Waals surface area contributed by atoms with Gasteiger partial charge in [-0.05, 0) is 55.8 Å². The monoisotopic (exact) mass is 464 g/mol. The summed E-state index contributed by atoms with van der Waals surface area (Å²) in [5, 5.41) is 3.62. The molecule has 0 spiro atoms. The van der Waals surface area contributed by atoms with Crippen molar-refractivity contribution in [2.45, 2.75) is 18.7 Å². The third kappa shape index (κ3) is 4.24. The zero-order valence-electron chi connectivity index (χ0n) is 17.8. The number of amides is 2. The molecule has 1 heterocycles. The van der Waals surface area contributed by atoms with Crippen LogP contribution < -0.4 is 15.0 Å². The summed E-state index contributed by atoms with van der Waals surface area (Å²) >= 11 is 7.52. The first-order valence-corrected chi connectivity index (χ1v) is 11.1. The molecule has 0 saturated heterocycles. The third-order valence-electron chi connectivity index (χ3n) is 5.06. The van der Waals surface area contributed by atoms with Gasteiger partial charge in [0, 0.05) is 9.92 Å². The Balaban J connectivity index is 1.77. The van der Waals surface area contributed by atoms with Crippen LogP contribution in [0.4, 0.5) is 11.4 Å². The van der Waals surface area contributed by atoms with Gasteiger partial charge in [0.25, 0.3) is 11.8 Å². The Bertz CT molecular complexity index is 1240. The van der Waals surface area contributed by atoms with Gasteiger partial charge in [-0.2, -0.15) is 0 Å². The van der Waals surface area contributed by atoms with Gasteiger partial charge in [0.05, 0.1) is 18.5 Å². The van der Waals surface area contributed by atoms with E-state index in [0.29, 0.717) is 27.1 Å². The molecular formula is C25H21ClN2O3S. The van der Waals surface area contributed by atoms with E-state index in [1.54, 1.807) is 37.4 Å². The van der Waals surface area contributed by atoms with Crippen LogP contribution in [0.25, 0.3) is 0 Å². The maximum atomic E-state index is 13.5. The number of para-hydroxylation sites is 2. The highest BCUT2D eigenvalue weighted by Gasteiger charge is 2.40. The van der Waals surface area contributed by atoms with E-state index in [1.165, 1.54) is 11.8 Å². The first kappa shape index (κ1) is 22.0. The number of nitrogens with zero attached hydrogens (tertiary/aromatic N) is 1. The number of hydrogen-bond acceptors (Lipinski definition) is 5. The summed E-state index contributed by atoms with van der Waals surface area (Å²) in [7, 11) is 1.55. The Kier molecular flexibility index (Phi) is 6.26. The van der Waals surface area contributed by atoms with Gasteiger partial charge in [0.1, 0.15) is 16.4 Å². The number of methoxy groups -OCH3 is 1. The van der Waals surface area contributed by atoms with Gasteiger partial charge in [-0.25, -0.2) is 4.90 Å². The van der Waals surface area contributed by atoms with Crippen LogP contribution in [0.3, 0.4) is 0 Å². The Morgan fingerprint density at radius 3 is 2.34 bits per heavy atom.